The second kappa shape index (κ2) is 6.29. The van der Waals surface area contributed by atoms with E-state index < -0.39 is 12.1 Å². The van der Waals surface area contributed by atoms with Gasteiger partial charge in [-0.1, -0.05) is 0 Å². The third-order valence-corrected chi connectivity index (χ3v) is 1.76. The van der Waals surface area contributed by atoms with Gasteiger partial charge in [-0.2, -0.15) is 0 Å². The van der Waals surface area contributed by atoms with Crippen LogP contribution in [0.3, 0.4) is 0 Å². The molecule has 0 aliphatic rings. The Morgan fingerprint density at radius 3 is 2.07 bits per heavy atom. The minimum absolute atomic E-state index is 0.0788. The smallest absolute Gasteiger partial charge is 0.303 e. The highest BCUT2D eigenvalue weighted by Crippen LogP contribution is 2.07. The first-order valence-corrected chi connectivity index (χ1v) is 4.60. The Morgan fingerprint density at radius 2 is 1.71 bits per heavy atom. The predicted molar refractivity (Wildman–Crippen MR) is 50.8 cm³/mol. The van der Waals surface area contributed by atoms with Crippen LogP contribution in [0.15, 0.2) is 0 Å². The van der Waals surface area contributed by atoms with Crippen LogP contribution in [0.2, 0.25) is 0 Å². The molecule has 0 saturated heterocycles. The molecular weight excluding hydrogens is 184 g/mol. The zero-order valence-electron chi connectivity index (χ0n) is 8.83. The summed E-state index contributed by atoms with van der Waals surface area (Å²) in [6.07, 6.45) is 0.735. The van der Waals surface area contributed by atoms with E-state index >= 15 is 0 Å². The van der Waals surface area contributed by atoms with Crippen molar-refractivity contribution in [2.75, 3.05) is 0 Å². The lowest BCUT2D eigenvalue weighted by atomic mass is 10.1. The molecule has 0 rings (SSSR count). The van der Waals surface area contributed by atoms with Crippen LogP contribution < -0.4 is 0 Å². The number of ether oxygens (including phenoxy) is 1. The molecule has 4 heteroatoms. The van der Waals surface area contributed by atoms with Crippen molar-refractivity contribution in [1.29, 1.82) is 0 Å². The number of esters is 1. The summed E-state index contributed by atoms with van der Waals surface area (Å²) in [5.41, 5.74) is 0. The predicted octanol–water partition coefficient (Wildman–Crippen LogP) is 1.27. The molecule has 0 spiro atoms. The maximum Gasteiger partial charge on any atom is 0.303 e. The Hall–Kier alpha value is -1.19. The van der Waals surface area contributed by atoms with Gasteiger partial charge in [0, 0.05) is 13.3 Å². The highest BCUT2D eigenvalue weighted by molar-refractivity contribution is 5.83. The van der Waals surface area contributed by atoms with Gasteiger partial charge in [0.1, 0.15) is 5.78 Å². The fourth-order valence-electron chi connectivity index (χ4n) is 1.08. The van der Waals surface area contributed by atoms with Gasteiger partial charge < -0.3 is 9.53 Å². The highest BCUT2D eigenvalue weighted by Gasteiger charge is 2.16. The van der Waals surface area contributed by atoms with Gasteiger partial charge in [-0.3, -0.25) is 9.59 Å². The van der Waals surface area contributed by atoms with Gasteiger partial charge in [0.25, 0.3) is 0 Å². The molecule has 0 aromatic rings. The van der Waals surface area contributed by atoms with Gasteiger partial charge in [0.15, 0.2) is 11.9 Å². The van der Waals surface area contributed by atoms with Gasteiger partial charge in [0.05, 0.1) is 0 Å². The number of rotatable bonds is 6. The van der Waals surface area contributed by atoms with Crippen LogP contribution in [0, 0.1) is 0 Å². The van der Waals surface area contributed by atoms with E-state index in [1.54, 1.807) is 0 Å². The summed E-state index contributed by atoms with van der Waals surface area (Å²) in [7, 11) is 0. The van der Waals surface area contributed by atoms with E-state index in [1.165, 1.54) is 20.8 Å². The number of hydrogen-bond acceptors (Lipinski definition) is 4. The van der Waals surface area contributed by atoms with Gasteiger partial charge in [-0.05, 0) is 26.7 Å². The van der Waals surface area contributed by atoms with E-state index in [2.05, 4.69) is 0 Å². The molecule has 1 atom stereocenters. The molecule has 1 unspecified atom stereocenters. The fraction of sp³-hybridized carbons (Fsp3) is 0.700. The first kappa shape index (κ1) is 12.8. The van der Waals surface area contributed by atoms with E-state index in [0.29, 0.717) is 19.3 Å². The minimum Gasteiger partial charge on any atom is -0.455 e. The quantitative estimate of drug-likeness (QED) is 0.606. The van der Waals surface area contributed by atoms with Gasteiger partial charge >= 0.3 is 5.97 Å². The molecule has 14 heavy (non-hydrogen) atoms. The lowest BCUT2D eigenvalue weighted by Crippen LogP contribution is -2.24. The van der Waals surface area contributed by atoms with Crippen molar-refractivity contribution in [3.63, 3.8) is 0 Å². The van der Waals surface area contributed by atoms with E-state index in [9.17, 15) is 14.4 Å². The molecule has 0 aromatic heterocycles. The fourth-order valence-corrected chi connectivity index (χ4v) is 1.08. The van der Waals surface area contributed by atoms with Crippen LogP contribution in [0.4, 0.5) is 0 Å². The molecule has 0 aliphatic carbocycles. The molecule has 80 valence electrons. The van der Waals surface area contributed by atoms with Crippen LogP contribution in [0.5, 0.6) is 0 Å². The third kappa shape index (κ3) is 6.34. The van der Waals surface area contributed by atoms with Crippen molar-refractivity contribution in [3.05, 3.63) is 0 Å². The number of carbonyl (C=O) groups is 3. The van der Waals surface area contributed by atoms with Crippen molar-refractivity contribution >= 4 is 17.5 Å². The molecule has 0 aromatic carbocycles. The summed E-state index contributed by atoms with van der Waals surface area (Å²) >= 11 is 0. The van der Waals surface area contributed by atoms with Crippen LogP contribution in [0.25, 0.3) is 0 Å². The summed E-state index contributed by atoms with van der Waals surface area (Å²) in [6.45, 7) is 4.14. The lowest BCUT2D eigenvalue weighted by Gasteiger charge is -2.12. The Morgan fingerprint density at radius 1 is 1.14 bits per heavy atom. The Kier molecular flexibility index (Phi) is 5.76. The molecule has 0 fully saturated rings. The SMILES string of the molecule is CC(=O)CCCC(OC(C)=O)C(C)=O. The zero-order valence-corrected chi connectivity index (χ0v) is 8.83. The average molecular weight is 200 g/mol. The van der Waals surface area contributed by atoms with Crippen molar-refractivity contribution in [3.8, 4) is 0 Å². The van der Waals surface area contributed by atoms with Crippen molar-refractivity contribution in [2.45, 2.75) is 46.1 Å². The summed E-state index contributed by atoms with van der Waals surface area (Å²) in [5, 5.41) is 0. The normalized spacial score (nSPS) is 11.9. The zero-order chi connectivity index (χ0) is 11.1. The molecule has 0 heterocycles. The number of Topliss-reactive ketones (excluding diaryl/α,β-unsaturated/α-hetero) is 2. The van der Waals surface area contributed by atoms with Crippen molar-refractivity contribution < 1.29 is 19.1 Å². The summed E-state index contributed by atoms with van der Waals surface area (Å²) in [5.74, 6) is -0.563. The second-order valence-electron chi connectivity index (χ2n) is 3.30. The molecule has 0 radical (unpaired) electrons. The third-order valence-electron chi connectivity index (χ3n) is 1.76. The van der Waals surface area contributed by atoms with Crippen LogP contribution in [-0.2, 0) is 19.1 Å². The monoisotopic (exact) mass is 200 g/mol. The minimum atomic E-state index is -0.688. The molecule has 4 nitrogen and oxygen atoms in total. The molecular formula is C10H16O4. The molecule has 0 amide bonds. The van der Waals surface area contributed by atoms with Crippen molar-refractivity contribution in [2.24, 2.45) is 0 Å². The summed E-state index contributed by atoms with van der Waals surface area (Å²) < 4.78 is 4.79. The second-order valence-corrected chi connectivity index (χ2v) is 3.30. The number of hydrogen-bond donors (Lipinski definition) is 0. The van der Waals surface area contributed by atoms with Gasteiger partial charge in [-0.25, -0.2) is 0 Å². The average Bonchev–Trinajstić information content (AvgIpc) is 2.00. The summed E-state index contributed by atoms with van der Waals surface area (Å²) in [4.78, 5) is 32.2. The van der Waals surface area contributed by atoms with E-state index in [4.69, 9.17) is 4.74 Å². The van der Waals surface area contributed by atoms with Crippen LogP contribution in [0.1, 0.15) is 40.0 Å². The molecule has 0 saturated carbocycles. The van der Waals surface area contributed by atoms with Crippen LogP contribution in [-0.4, -0.2) is 23.6 Å². The number of carbonyl (C=O) groups excluding carboxylic acids is 3. The van der Waals surface area contributed by atoms with Crippen molar-refractivity contribution in [1.82, 2.24) is 0 Å². The maximum atomic E-state index is 11.0. The Bertz CT molecular complexity index is 232. The largest absolute Gasteiger partial charge is 0.455 e. The van der Waals surface area contributed by atoms with Crippen LogP contribution >= 0.6 is 0 Å². The Labute approximate surface area is 83.6 Å². The summed E-state index contributed by atoms with van der Waals surface area (Å²) in [6, 6.07) is 0. The maximum absolute atomic E-state index is 11.0. The van der Waals surface area contributed by atoms with E-state index in [-0.39, 0.29) is 11.6 Å². The van der Waals surface area contributed by atoms with E-state index in [0.717, 1.165) is 0 Å². The first-order chi connectivity index (χ1) is 6.43. The first-order valence-electron chi connectivity index (χ1n) is 4.60. The number of ketones is 2. The Balaban J connectivity index is 3.91. The molecule has 0 N–H and O–H groups in total. The van der Waals surface area contributed by atoms with E-state index in [1.807, 2.05) is 0 Å². The lowest BCUT2D eigenvalue weighted by molar-refractivity contribution is -0.152. The topological polar surface area (TPSA) is 60.4 Å². The highest BCUT2D eigenvalue weighted by atomic mass is 16.5. The standard InChI is InChI=1S/C10H16O4/c1-7(11)5-4-6-10(8(2)12)14-9(3)13/h10H,4-6H2,1-3H3. The van der Waals surface area contributed by atoms with Gasteiger partial charge in [-0.15, -0.1) is 0 Å². The molecule has 0 bridgehead atoms. The van der Waals surface area contributed by atoms with Gasteiger partial charge in [0.2, 0.25) is 0 Å². The molecule has 0 aliphatic heterocycles.